The van der Waals surface area contributed by atoms with E-state index in [2.05, 4.69) is 64.5 Å². The Morgan fingerprint density at radius 3 is 2.26 bits per heavy atom. The van der Waals surface area contributed by atoms with Crippen LogP contribution in [0.3, 0.4) is 0 Å². The third-order valence-corrected chi connectivity index (χ3v) is 6.01. The molecule has 0 aliphatic heterocycles. The molecule has 3 aromatic rings. The molecule has 19 heavy (non-hydrogen) atoms. The minimum absolute atomic E-state index is 0.286. The Morgan fingerprint density at radius 1 is 0.842 bits per heavy atom. The summed E-state index contributed by atoms with van der Waals surface area (Å²) < 4.78 is 3.89. The molecule has 0 atom stereocenters. The predicted molar refractivity (Wildman–Crippen MR) is 88.1 cm³/mol. The first-order valence-corrected chi connectivity index (χ1v) is 8.73. The Hall–Kier alpha value is -0.791. The SMILES string of the molecule is Clc1ccc([Se]c2cccc3cccc(Br)c23)cc1. The molecule has 0 spiro atoms. The normalized spacial score (nSPS) is 10.8. The first-order chi connectivity index (χ1) is 9.24. The van der Waals surface area contributed by atoms with Gasteiger partial charge in [0.05, 0.1) is 0 Å². The third-order valence-electron chi connectivity index (χ3n) is 2.86. The zero-order valence-corrected chi connectivity index (χ0v) is 14.0. The summed E-state index contributed by atoms with van der Waals surface area (Å²) in [6.07, 6.45) is 0. The van der Waals surface area contributed by atoms with Crippen molar-refractivity contribution in [2.45, 2.75) is 0 Å². The zero-order valence-electron chi connectivity index (χ0n) is 9.94. The first kappa shape index (κ1) is 13.2. The molecule has 0 N–H and O–H groups in total. The third kappa shape index (κ3) is 2.88. The molecule has 3 aromatic carbocycles. The maximum atomic E-state index is 5.93. The second-order valence-electron chi connectivity index (χ2n) is 4.15. The fraction of sp³-hybridized carbons (Fsp3) is 0. The predicted octanol–water partition coefficient (Wildman–Crippen LogP) is 3.91. The fourth-order valence-electron chi connectivity index (χ4n) is 1.98. The summed E-state index contributed by atoms with van der Waals surface area (Å²) in [5.41, 5.74) is 0. The van der Waals surface area contributed by atoms with Crippen LogP contribution in [0, 0.1) is 0 Å². The fourth-order valence-corrected chi connectivity index (χ4v) is 5.10. The number of hydrogen-bond donors (Lipinski definition) is 0. The summed E-state index contributed by atoms with van der Waals surface area (Å²) in [6, 6.07) is 21.0. The van der Waals surface area contributed by atoms with E-state index in [1.807, 2.05) is 12.1 Å². The Bertz CT molecular complexity index is 717. The molecule has 3 rings (SSSR count). The summed E-state index contributed by atoms with van der Waals surface area (Å²) >= 11 is 9.88. The molecule has 94 valence electrons. The summed E-state index contributed by atoms with van der Waals surface area (Å²) in [4.78, 5) is 0. The summed E-state index contributed by atoms with van der Waals surface area (Å²) in [6.45, 7) is 0. The van der Waals surface area contributed by atoms with E-state index in [-0.39, 0.29) is 15.0 Å². The molecule has 0 aromatic heterocycles. The second-order valence-corrected chi connectivity index (χ2v) is 7.78. The average molecular weight is 397 g/mol. The van der Waals surface area contributed by atoms with Gasteiger partial charge in [-0.3, -0.25) is 0 Å². The second kappa shape index (κ2) is 5.68. The molecule has 0 aliphatic carbocycles. The van der Waals surface area contributed by atoms with Crippen molar-refractivity contribution in [3.05, 3.63) is 70.2 Å². The van der Waals surface area contributed by atoms with Crippen LogP contribution < -0.4 is 8.92 Å². The van der Waals surface area contributed by atoms with Crippen molar-refractivity contribution in [2.24, 2.45) is 0 Å². The van der Waals surface area contributed by atoms with Gasteiger partial charge >= 0.3 is 132 Å². The molecule has 0 saturated heterocycles. The monoisotopic (exact) mass is 396 g/mol. The molecule has 0 amide bonds. The molecule has 0 saturated carbocycles. The van der Waals surface area contributed by atoms with Crippen LogP contribution in [-0.2, 0) is 0 Å². The summed E-state index contributed by atoms with van der Waals surface area (Å²) in [5, 5.41) is 3.39. The van der Waals surface area contributed by atoms with Gasteiger partial charge in [-0.25, -0.2) is 0 Å². The van der Waals surface area contributed by atoms with Crippen LogP contribution in [-0.4, -0.2) is 15.0 Å². The van der Waals surface area contributed by atoms with Gasteiger partial charge in [-0.15, -0.1) is 0 Å². The molecule has 0 aliphatic rings. The van der Waals surface area contributed by atoms with E-state index in [0.717, 1.165) is 9.50 Å². The molecule has 3 heteroatoms. The molecule has 0 nitrogen and oxygen atoms in total. The standard InChI is InChI=1S/C16H10BrClSe/c17-14-5-1-3-11-4-2-6-15(16(11)14)19-13-9-7-12(18)8-10-13/h1-10H. The molecular formula is C16H10BrClSe. The Morgan fingerprint density at radius 2 is 1.53 bits per heavy atom. The van der Waals surface area contributed by atoms with Crippen molar-refractivity contribution in [1.29, 1.82) is 0 Å². The minimum atomic E-state index is 0.286. The van der Waals surface area contributed by atoms with Crippen LogP contribution in [0.25, 0.3) is 10.8 Å². The van der Waals surface area contributed by atoms with Gasteiger partial charge in [0.25, 0.3) is 0 Å². The van der Waals surface area contributed by atoms with Crippen LogP contribution in [0.15, 0.2) is 65.1 Å². The van der Waals surface area contributed by atoms with Gasteiger partial charge < -0.3 is 0 Å². The molecule has 0 fully saturated rings. The van der Waals surface area contributed by atoms with Gasteiger partial charge in [0.15, 0.2) is 0 Å². The average Bonchev–Trinajstić information content (AvgIpc) is 2.42. The Labute approximate surface area is 132 Å². The van der Waals surface area contributed by atoms with Crippen LogP contribution in [0.4, 0.5) is 0 Å². The van der Waals surface area contributed by atoms with Crippen molar-refractivity contribution in [3.8, 4) is 0 Å². The van der Waals surface area contributed by atoms with E-state index in [9.17, 15) is 0 Å². The van der Waals surface area contributed by atoms with E-state index >= 15 is 0 Å². The van der Waals surface area contributed by atoms with E-state index in [1.54, 1.807) is 0 Å². The molecule has 0 bridgehead atoms. The van der Waals surface area contributed by atoms with E-state index in [1.165, 1.54) is 19.7 Å². The molecule has 0 radical (unpaired) electrons. The summed E-state index contributed by atoms with van der Waals surface area (Å²) in [5.74, 6) is 0. The first-order valence-electron chi connectivity index (χ1n) is 5.85. The van der Waals surface area contributed by atoms with Crippen molar-refractivity contribution in [3.63, 3.8) is 0 Å². The van der Waals surface area contributed by atoms with Gasteiger partial charge in [0, 0.05) is 0 Å². The number of hydrogen-bond acceptors (Lipinski definition) is 0. The van der Waals surface area contributed by atoms with Crippen LogP contribution in [0.5, 0.6) is 0 Å². The van der Waals surface area contributed by atoms with Crippen molar-refractivity contribution >= 4 is 62.2 Å². The Kier molecular flexibility index (Phi) is 3.95. The van der Waals surface area contributed by atoms with E-state index in [0.29, 0.717) is 0 Å². The quantitative estimate of drug-likeness (QED) is 0.576. The number of halogens is 2. The number of benzene rings is 3. The van der Waals surface area contributed by atoms with Gasteiger partial charge in [0.2, 0.25) is 0 Å². The van der Waals surface area contributed by atoms with Crippen molar-refractivity contribution in [2.75, 3.05) is 0 Å². The number of rotatable bonds is 2. The van der Waals surface area contributed by atoms with E-state index in [4.69, 9.17) is 11.6 Å². The molecule has 0 heterocycles. The topological polar surface area (TPSA) is 0 Å². The Balaban J connectivity index is 2.08. The zero-order chi connectivity index (χ0) is 13.2. The van der Waals surface area contributed by atoms with Crippen LogP contribution in [0.1, 0.15) is 0 Å². The van der Waals surface area contributed by atoms with Gasteiger partial charge in [-0.05, 0) is 0 Å². The van der Waals surface area contributed by atoms with Crippen molar-refractivity contribution in [1.82, 2.24) is 0 Å². The number of fused-ring (bicyclic) bond motifs is 1. The maximum absolute atomic E-state index is 5.93. The molecule has 0 unspecified atom stereocenters. The van der Waals surface area contributed by atoms with Gasteiger partial charge in [-0.2, -0.15) is 0 Å². The van der Waals surface area contributed by atoms with Gasteiger partial charge in [0.1, 0.15) is 0 Å². The summed E-state index contributed by atoms with van der Waals surface area (Å²) in [7, 11) is 0. The van der Waals surface area contributed by atoms with Crippen LogP contribution in [0.2, 0.25) is 5.02 Å². The van der Waals surface area contributed by atoms with Gasteiger partial charge in [-0.1, -0.05) is 0 Å². The van der Waals surface area contributed by atoms with E-state index < -0.39 is 0 Å². The van der Waals surface area contributed by atoms with Crippen LogP contribution >= 0.6 is 27.5 Å². The van der Waals surface area contributed by atoms with Crippen molar-refractivity contribution < 1.29 is 0 Å². The molecular weight excluding hydrogens is 386 g/mol.